The Kier molecular flexibility index (Phi) is 2.19. The van der Waals surface area contributed by atoms with Gasteiger partial charge < -0.3 is 14.8 Å². The van der Waals surface area contributed by atoms with Crippen molar-refractivity contribution < 1.29 is 9.47 Å². The molecule has 0 amide bonds. The first kappa shape index (κ1) is 9.49. The Morgan fingerprint density at radius 2 is 2.31 bits per heavy atom. The van der Waals surface area contributed by atoms with Crippen molar-refractivity contribution in [2.45, 2.75) is 12.5 Å². The van der Waals surface area contributed by atoms with E-state index in [0.717, 1.165) is 30.0 Å². The number of fused-ring (bicyclic) bond motifs is 1. The molecule has 1 N–H and O–H groups in total. The van der Waals surface area contributed by atoms with Gasteiger partial charge in [0.15, 0.2) is 11.5 Å². The van der Waals surface area contributed by atoms with Gasteiger partial charge in [0.05, 0.1) is 12.0 Å². The van der Waals surface area contributed by atoms with Gasteiger partial charge in [-0.15, -0.1) is 0 Å². The van der Waals surface area contributed by atoms with Crippen molar-refractivity contribution in [2.24, 2.45) is 5.92 Å². The van der Waals surface area contributed by atoms with Crippen molar-refractivity contribution in [2.75, 3.05) is 13.3 Å². The highest BCUT2D eigenvalue weighted by Gasteiger charge is 2.29. The van der Waals surface area contributed by atoms with E-state index < -0.39 is 0 Å². The van der Waals surface area contributed by atoms with E-state index in [9.17, 15) is 0 Å². The first-order valence-corrected chi connectivity index (χ1v) is 5.40. The lowest BCUT2D eigenvalue weighted by Crippen LogP contribution is -2.14. The second kappa shape index (κ2) is 3.69. The molecule has 2 aliphatic heterocycles. The molecule has 16 heavy (non-hydrogen) atoms. The molecule has 0 saturated carbocycles. The summed E-state index contributed by atoms with van der Waals surface area (Å²) in [5, 5.41) is 12.2. The zero-order valence-corrected chi connectivity index (χ0v) is 8.77. The van der Waals surface area contributed by atoms with Gasteiger partial charge in [0.2, 0.25) is 6.79 Å². The molecule has 2 heterocycles. The van der Waals surface area contributed by atoms with Gasteiger partial charge in [0.1, 0.15) is 0 Å². The van der Waals surface area contributed by atoms with E-state index in [2.05, 4.69) is 11.4 Å². The van der Waals surface area contributed by atoms with Crippen molar-refractivity contribution in [3.8, 4) is 17.6 Å². The zero-order chi connectivity index (χ0) is 11.0. The third-order valence-corrected chi connectivity index (χ3v) is 3.12. The second-order valence-electron chi connectivity index (χ2n) is 4.10. The molecule has 2 unspecified atom stereocenters. The van der Waals surface area contributed by atoms with E-state index in [1.807, 2.05) is 18.2 Å². The molecule has 4 heteroatoms. The molecule has 1 fully saturated rings. The van der Waals surface area contributed by atoms with E-state index in [0.29, 0.717) is 6.79 Å². The minimum absolute atomic E-state index is 0.100. The maximum absolute atomic E-state index is 8.88. The van der Waals surface area contributed by atoms with Crippen molar-refractivity contribution in [3.63, 3.8) is 0 Å². The summed E-state index contributed by atoms with van der Waals surface area (Å²) in [5.74, 6) is 1.74. The van der Waals surface area contributed by atoms with Crippen LogP contribution in [-0.2, 0) is 0 Å². The van der Waals surface area contributed by atoms with Crippen LogP contribution in [0.3, 0.4) is 0 Å². The number of benzene rings is 1. The fraction of sp³-hybridized carbons (Fsp3) is 0.417. The molecule has 0 spiro atoms. The molecule has 2 aliphatic rings. The second-order valence-corrected chi connectivity index (χ2v) is 4.10. The maximum Gasteiger partial charge on any atom is 0.231 e. The number of nitrogens with zero attached hydrogens (tertiary/aromatic N) is 1. The molecule has 2 atom stereocenters. The lowest BCUT2D eigenvalue weighted by Gasteiger charge is -2.12. The molecule has 0 radical (unpaired) electrons. The molecule has 0 aromatic heterocycles. The van der Waals surface area contributed by atoms with Crippen LogP contribution in [0, 0.1) is 17.2 Å². The molecule has 4 nitrogen and oxygen atoms in total. The van der Waals surface area contributed by atoms with E-state index in [4.69, 9.17) is 14.7 Å². The van der Waals surface area contributed by atoms with Gasteiger partial charge in [-0.25, -0.2) is 0 Å². The Hall–Kier alpha value is -1.73. The fourth-order valence-electron chi connectivity index (χ4n) is 2.30. The summed E-state index contributed by atoms with van der Waals surface area (Å²) in [5.41, 5.74) is 1.10. The normalized spacial score (nSPS) is 26.7. The highest BCUT2D eigenvalue weighted by Crippen LogP contribution is 2.41. The summed E-state index contributed by atoms with van der Waals surface area (Å²) in [4.78, 5) is 0. The van der Waals surface area contributed by atoms with Gasteiger partial charge in [0, 0.05) is 18.2 Å². The summed E-state index contributed by atoms with van der Waals surface area (Å²) in [6.07, 6.45) is 0.844. The lowest BCUT2D eigenvalue weighted by molar-refractivity contribution is 0.173. The number of nitrogens with one attached hydrogen (secondary N) is 1. The quantitative estimate of drug-likeness (QED) is 0.774. The lowest BCUT2D eigenvalue weighted by atomic mass is 10.00. The highest BCUT2D eigenvalue weighted by molar-refractivity contribution is 5.49. The van der Waals surface area contributed by atoms with Crippen LogP contribution in [0.1, 0.15) is 18.0 Å². The summed E-state index contributed by atoms with van der Waals surface area (Å²) in [6, 6.07) is 8.41. The minimum atomic E-state index is 0.100. The predicted octanol–water partition coefficient (Wildman–Crippen LogP) is 1.59. The molecular weight excluding hydrogens is 204 g/mol. The van der Waals surface area contributed by atoms with Gasteiger partial charge >= 0.3 is 0 Å². The van der Waals surface area contributed by atoms with Gasteiger partial charge in [-0.05, 0) is 12.5 Å². The Morgan fingerprint density at radius 1 is 1.38 bits per heavy atom. The fourth-order valence-corrected chi connectivity index (χ4v) is 2.30. The predicted molar refractivity (Wildman–Crippen MR) is 57.0 cm³/mol. The van der Waals surface area contributed by atoms with Gasteiger partial charge in [-0.1, -0.05) is 12.1 Å². The summed E-state index contributed by atoms with van der Waals surface area (Å²) in [7, 11) is 0. The van der Waals surface area contributed by atoms with E-state index in [1.165, 1.54) is 0 Å². The van der Waals surface area contributed by atoms with Crippen LogP contribution >= 0.6 is 0 Å². The van der Waals surface area contributed by atoms with Crippen LogP contribution in [0.4, 0.5) is 0 Å². The van der Waals surface area contributed by atoms with Crippen LogP contribution in [-0.4, -0.2) is 13.3 Å². The van der Waals surface area contributed by atoms with Crippen molar-refractivity contribution in [1.82, 2.24) is 5.32 Å². The Balaban J connectivity index is 1.91. The average molecular weight is 216 g/mol. The Labute approximate surface area is 93.8 Å². The van der Waals surface area contributed by atoms with Gasteiger partial charge in [0.25, 0.3) is 0 Å². The summed E-state index contributed by atoms with van der Waals surface area (Å²) >= 11 is 0. The first-order valence-electron chi connectivity index (χ1n) is 5.40. The third kappa shape index (κ3) is 1.41. The standard InChI is InChI=1S/C12H12N2O2/c13-5-8-4-10(14-6-8)9-2-1-3-11-12(9)16-7-15-11/h1-3,8,10,14H,4,6-7H2. The highest BCUT2D eigenvalue weighted by atomic mass is 16.7. The number of para-hydroxylation sites is 1. The number of ether oxygens (including phenoxy) is 2. The first-order chi connectivity index (χ1) is 7.88. The molecule has 1 saturated heterocycles. The van der Waals surface area contributed by atoms with Gasteiger partial charge in [-0.3, -0.25) is 0 Å². The Morgan fingerprint density at radius 3 is 3.12 bits per heavy atom. The monoisotopic (exact) mass is 216 g/mol. The number of rotatable bonds is 1. The topological polar surface area (TPSA) is 54.3 Å². The molecule has 1 aromatic rings. The molecule has 3 rings (SSSR count). The van der Waals surface area contributed by atoms with Crippen LogP contribution in [0.2, 0.25) is 0 Å². The van der Waals surface area contributed by atoms with Crippen LogP contribution in [0.15, 0.2) is 18.2 Å². The van der Waals surface area contributed by atoms with Crippen LogP contribution < -0.4 is 14.8 Å². The van der Waals surface area contributed by atoms with E-state index in [-0.39, 0.29) is 12.0 Å². The average Bonchev–Trinajstić information content (AvgIpc) is 2.97. The SMILES string of the molecule is N#CC1CNC(c2cccc3c2OCO3)C1. The zero-order valence-electron chi connectivity index (χ0n) is 8.77. The van der Waals surface area contributed by atoms with E-state index >= 15 is 0 Å². The Bertz CT molecular complexity index is 453. The summed E-state index contributed by atoms with van der Waals surface area (Å²) < 4.78 is 10.8. The molecule has 82 valence electrons. The maximum atomic E-state index is 8.88. The van der Waals surface area contributed by atoms with Crippen molar-refractivity contribution >= 4 is 0 Å². The largest absolute Gasteiger partial charge is 0.454 e. The molecular formula is C12H12N2O2. The number of hydrogen-bond donors (Lipinski definition) is 1. The molecule has 1 aromatic carbocycles. The number of nitriles is 1. The smallest absolute Gasteiger partial charge is 0.231 e. The van der Waals surface area contributed by atoms with Crippen LogP contribution in [0.25, 0.3) is 0 Å². The van der Waals surface area contributed by atoms with Gasteiger partial charge in [-0.2, -0.15) is 5.26 Å². The molecule has 0 bridgehead atoms. The van der Waals surface area contributed by atoms with E-state index in [1.54, 1.807) is 0 Å². The summed E-state index contributed by atoms with van der Waals surface area (Å²) in [6.45, 7) is 1.05. The third-order valence-electron chi connectivity index (χ3n) is 3.12. The van der Waals surface area contributed by atoms with Crippen LogP contribution in [0.5, 0.6) is 11.5 Å². The molecule has 0 aliphatic carbocycles. The van der Waals surface area contributed by atoms with Crippen molar-refractivity contribution in [3.05, 3.63) is 23.8 Å². The van der Waals surface area contributed by atoms with Crippen molar-refractivity contribution in [1.29, 1.82) is 5.26 Å². The number of hydrogen-bond acceptors (Lipinski definition) is 4. The minimum Gasteiger partial charge on any atom is -0.454 e.